The van der Waals surface area contributed by atoms with Gasteiger partial charge in [0.15, 0.2) is 0 Å². The Morgan fingerprint density at radius 3 is 1.27 bits per heavy atom. The second kappa shape index (κ2) is 14.3. The maximum absolute atomic E-state index is 5.87. The maximum Gasteiger partial charge on any atom is 0.119 e. The van der Waals surface area contributed by atoms with Gasteiger partial charge in [-0.05, 0) is 47.2 Å². The predicted octanol–water partition coefficient (Wildman–Crippen LogP) is 6.90. The van der Waals surface area contributed by atoms with Crippen molar-refractivity contribution in [1.82, 2.24) is 0 Å². The largest absolute Gasteiger partial charge is 0.494 e. The van der Waals surface area contributed by atoms with E-state index in [-0.39, 0.29) is 5.41 Å². The Morgan fingerprint density at radius 1 is 0.576 bits per heavy atom. The molecule has 0 heterocycles. The fourth-order valence-corrected chi connectivity index (χ4v) is 3.44. The first-order valence-corrected chi connectivity index (χ1v) is 12.4. The van der Waals surface area contributed by atoms with Gasteiger partial charge in [0.05, 0.1) is 13.2 Å². The van der Waals surface area contributed by atoms with Crippen molar-refractivity contribution in [3.63, 3.8) is 0 Å². The summed E-state index contributed by atoms with van der Waals surface area (Å²) in [6.07, 6.45) is 1.80. The third-order valence-corrected chi connectivity index (χ3v) is 5.46. The standard InChI is InChI=1S/C29H44O4/c1-23(2)21-30-17-7-19-32-27-13-9-25(10-14-27)29(5,6)26-11-15-28(16-12-26)33-20-8-18-31-22-24(3)4/h9-16,23-24H,7-8,17-22H2,1-6H3. The minimum Gasteiger partial charge on any atom is -0.494 e. The third kappa shape index (κ3) is 10.2. The minimum absolute atomic E-state index is 0.105. The van der Waals surface area contributed by atoms with E-state index in [0.717, 1.165) is 50.8 Å². The zero-order chi connectivity index (χ0) is 24.1. The first kappa shape index (κ1) is 27.2. The predicted molar refractivity (Wildman–Crippen MR) is 137 cm³/mol. The summed E-state index contributed by atoms with van der Waals surface area (Å²) in [5.74, 6) is 2.95. The first-order chi connectivity index (χ1) is 15.8. The van der Waals surface area contributed by atoms with Gasteiger partial charge >= 0.3 is 0 Å². The van der Waals surface area contributed by atoms with Crippen molar-refractivity contribution in [3.05, 3.63) is 59.7 Å². The van der Waals surface area contributed by atoms with E-state index in [4.69, 9.17) is 18.9 Å². The van der Waals surface area contributed by atoms with Crippen molar-refractivity contribution in [2.45, 2.75) is 59.8 Å². The summed E-state index contributed by atoms with van der Waals surface area (Å²) < 4.78 is 22.9. The van der Waals surface area contributed by atoms with Gasteiger partial charge in [-0.1, -0.05) is 65.8 Å². The lowest BCUT2D eigenvalue weighted by atomic mass is 9.78. The van der Waals surface area contributed by atoms with Crippen LogP contribution in [0.1, 0.15) is 65.5 Å². The van der Waals surface area contributed by atoms with Crippen LogP contribution in [0.5, 0.6) is 11.5 Å². The fourth-order valence-electron chi connectivity index (χ4n) is 3.44. The van der Waals surface area contributed by atoms with Crippen molar-refractivity contribution < 1.29 is 18.9 Å². The van der Waals surface area contributed by atoms with E-state index in [1.807, 2.05) is 0 Å². The van der Waals surface area contributed by atoms with E-state index in [1.165, 1.54) is 11.1 Å². The highest BCUT2D eigenvalue weighted by Crippen LogP contribution is 2.33. The molecule has 0 fully saturated rings. The number of benzene rings is 2. The van der Waals surface area contributed by atoms with Gasteiger partial charge in [-0.3, -0.25) is 0 Å². The van der Waals surface area contributed by atoms with Crippen molar-refractivity contribution in [3.8, 4) is 11.5 Å². The number of rotatable bonds is 16. The van der Waals surface area contributed by atoms with Crippen molar-refractivity contribution in [1.29, 1.82) is 0 Å². The zero-order valence-corrected chi connectivity index (χ0v) is 21.6. The molecule has 0 saturated carbocycles. The molecule has 0 amide bonds. The molecule has 0 spiro atoms. The molecule has 0 unspecified atom stereocenters. The van der Waals surface area contributed by atoms with E-state index in [0.29, 0.717) is 25.0 Å². The van der Waals surface area contributed by atoms with Crippen LogP contribution >= 0.6 is 0 Å². The quantitative estimate of drug-likeness (QED) is 0.258. The summed E-state index contributed by atoms with van der Waals surface area (Å²) in [4.78, 5) is 0. The summed E-state index contributed by atoms with van der Waals surface area (Å²) in [6, 6.07) is 16.9. The normalized spacial score (nSPS) is 11.9. The second-order valence-corrected chi connectivity index (χ2v) is 10.0. The minimum atomic E-state index is -0.105. The lowest BCUT2D eigenvalue weighted by Gasteiger charge is -2.26. The van der Waals surface area contributed by atoms with Crippen molar-refractivity contribution >= 4 is 0 Å². The number of hydrogen-bond donors (Lipinski definition) is 0. The van der Waals surface area contributed by atoms with Crippen LogP contribution in [-0.4, -0.2) is 39.6 Å². The molecular formula is C29H44O4. The van der Waals surface area contributed by atoms with Gasteiger partial charge in [-0.25, -0.2) is 0 Å². The van der Waals surface area contributed by atoms with Crippen LogP contribution < -0.4 is 9.47 Å². The maximum atomic E-state index is 5.87. The smallest absolute Gasteiger partial charge is 0.119 e. The van der Waals surface area contributed by atoms with Gasteiger partial charge in [0.2, 0.25) is 0 Å². The number of ether oxygens (including phenoxy) is 4. The second-order valence-electron chi connectivity index (χ2n) is 10.0. The molecule has 0 radical (unpaired) electrons. The molecule has 0 atom stereocenters. The monoisotopic (exact) mass is 456 g/mol. The molecule has 0 saturated heterocycles. The van der Waals surface area contributed by atoms with E-state index < -0.39 is 0 Å². The summed E-state index contributed by atoms with van der Waals surface area (Å²) in [5.41, 5.74) is 2.41. The molecule has 0 aliphatic rings. The molecular weight excluding hydrogens is 412 g/mol. The van der Waals surface area contributed by atoms with Gasteiger partial charge in [-0.2, -0.15) is 0 Å². The highest BCUT2D eigenvalue weighted by Gasteiger charge is 2.23. The molecule has 0 aromatic heterocycles. The number of hydrogen-bond acceptors (Lipinski definition) is 4. The summed E-state index contributed by atoms with van der Waals surface area (Å²) in [5, 5.41) is 0. The zero-order valence-electron chi connectivity index (χ0n) is 21.6. The molecule has 0 bridgehead atoms. The highest BCUT2D eigenvalue weighted by atomic mass is 16.5. The Bertz CT molecular complexity index is 698. The molecule has 0 aliphatic heterocycles. The Balaban J connectivity index is 1.78. The summed E-state index contributed by atoms with van der Waals surface area (Å²) in [6.45, 7) is 17.6. The Labute approximate surface area is 201 Å². The van der Waals surface area contributed by atoms with Gasteiger partial charge < -0.3 is 18.9 Å². The van der Waals surface area contributed by atoms with Crippen LogP contribution in [0.2, 0.25) is 0 Å². The van der Waals surface area contributed by atoms with E-state index >= 15 is 0 Å². The van der Waals surface area contributed by atoms with Crippen LogP contribution in [0.15, 0.2) is 48.5 Å². The van der Waals surface area contributed by atoms with Crippen LogP contribution in [0.3, 0.4) is 0 Å². The molecule has 4 heteroatoms. The van der Waals surface area contributed by atoms with Gasteiger partial charge in [-0.15, -0.1) is 0 Å². The van der Waals surface area contributed by atoms with Crippen molar-refractivity contribution in [2.75, 3.05) is 39.6 Å². The van der Waals surface area contributed by atoms with Gasteiger partial charge in [0.25, 0.3) is 0 Å². The summed E-state index contributed by atoms with van der Waals surface area (Å²) in [7, 11) is 0. The average molecular weight is 457 g/mol. The molecule has 4 nitrogen and oxygen atoms in total. The molecule has 33 heavy (non-hydrogen) atoms. The molecule has 0 aliphatic carbocycles. The van der Waals surface area contributed by atoms with Crippen molar-refractivity contribution in [2.24, 2.45) is 11.8 Å². The average Bonchev–Trinajstić information content (AvgIpc) is 2.78. The lowest BCUT2D eigenvalue weighted by molar-refractivity contribution is 0.0980. The molecule has 2 rings (SSSR count). The Morgan fingerprint density at radius 2 is 0.939 bits per heavy atom. The summed E-state index contributed by atoms with van der Waals surface area (Å²) >= 11 is 0. The highest BCUT2D eigenvalue weighted by molar-refractivity contribution is 5.41. The van der Waals surface area contributed by atoms with Crippen LogP contribution in [0.25, 0.3) is 0 Å². The lowest BCUT2D eigenvalue weighted by Crippen LogP contribution is -2.18. The fraction of sp³-hybridized carbons (Fsp3) is 0.586. The third-order valence-electron chi connectivity index (χ3n) is 5.46. The van der Waals surface area contributed by atoms with Gasteiger partial charge in [0, 0.05) is 44.7 Å². The topological polar surface area (TPSA) is 36.9 Å². The Kier molecular flexibility index (Phi) is 11.8. The molecule has 0 N–H and O–H groups in total. The van der Waals surface area contributed by atoms with Gasteiger partial charge in [0.1, 0.15) is 11.5 Å². The van der Waals surface area contributed by atoms with Crippen LogP contribution in [-0.2, 0) is 14.9 Å². The Hall–Kier alpha value is -2.04. The van der Waals surface area contributed by atoms with Crippen LogP contribution in [0.4, 0.5) is 0 Å². The van der Waals surface area contributed by atoms with E-state index in [1.54, 1.807) is 0 Å². The molecule has 184 valence electrons. The first-order valence-electron chi connectivity index (χ1n) is 12.4. The SMILES string of the molecule is CC(C)COCCCOc1ccc(C(C)(C)c2ccc(OCCCOCC(C)C)cc2)cc1. The van der Waals surface area contributed by atoms with Crippen LogP contribution in [0, 0.1) is 11.8 Å². The van der Waals surface area contributed by atoms with E-state index in [2.05, 4.69) is 90.1 Å². The van der Waals surface area contributed by atoms with E-state index in [9.17, 15) is 0 Å². The molecule has 2 aromatic carbocycles. The molecule has 2 aromatic rings.